The van der Waals surface area contributed by atoms with Crippen LogP contribution >= 0.6 is 0 Å². The van der Waals surface area contributed by atoms with E-state index in [1.54, 1.807) is 36.4 Å². The van der Waals surface area contributed by atoms with Gasteiger partial charge in [-0.05, 0) is 37.1 Å². The van der Waals surface area contributed by atoms with Crippen LogP contribution in [0.25, 0.3) is 0 Å². The highest BCUT2D eigenvalue weighted by molar-refractivity contribution is 5.56. The smallest absolute Gasteiger partial charge is 0.387 e. The number of anilines is 1. The number of nitrogens with one attached hydrogen (secondary N) is 1. The highest BCUT2D eigenvalue weighted by atomic mass is 19.3. The Labute approximate surface area is 121 Å². The summed E-state index contributed by atoms with van der Waals surface area (Å²) in [5.41, 5.74) is 1.03. The number of alkyl halides is 2. The van der Waals surface area contributed by atoms with Gasteiger partial charge >= 0.3 is 6.61 Å². The predicted octanol–water partition coefficient (Wildman–Crippen LogP) is 4.47. The molecule has 2 aromatic carbocycles. The number of ether oxygens (including phenoxy) is 1. The van der Waals surface area contributed by atoms with Gasteiger partial charge in [0.1, 0.15) is 11.6 Å². The molecule has 0 heterocycles. The lowest BCUT2D eigenvalue weighted by Gasteiger charge is -2.18. The Kier molecular flexibility index (Phi) is 5.09. The monoisotopic (exact) mass is 295 g/mol. The van der Waals surface area contributed by atoms with Crippen molar-refractivity contribution in [3.63, 3.8) is 0 Å². The van der Waals surface area contributed by atoms with Gasteiger partial charge in [-0.1, -0.05) is 30.3 Å². The summed E-state index contributed by atoms with van der Waals surface area (Å²) in [5.74, 6) is -0.198. The van der Waals surface area contributed by atoms with Gasteiger partial charge in [-0.2, -0.15) is 8.78 Å². The molecule has 0 aliphatic rings. The molecule has 0 amide bonds. The Morgan fingerprint density at radius 3 is 2.43 bits per heavy atom. The van der Waals surface area contributed by atoms with Crippen LogP contribution in [0.15, 0.2) is 48.5 Å². The fourth-order valence-corrected chi connectivity index (χ4v) is 2.09. The van der Waals surface area contributed by atoms with Crippen molar-refractivity contribution in [1.82, 2.24) is 0 Å². The molecule has 0 saturated heterocycles. The average molecular weight is 295 g/mol. The second kappa shape index (κ2) is 7.02. The van der Waals surface area contributed by atoms with Crippen LogP contribution in [0.1, 0.15) is 12.5 Å². The average Bonchev–Trinajstić information content (AvgIpc) is 2.43. The first kappa shape index (κ1) is 15.2. The van der Waals surface area contributed by atoms with E-state index in [0.29, 0.717) is 17.7 Å². The van der Waals surface area contributed by atoms with Crippen molar-refractivity contribution < 1.29 is 17.9 Å². The van der Waals surface area contributed by atoms with E-state index < -0.39 is 6.61 Å². The highest BCUT2D eigenvalue weighted by Crippen LogP contribution is 2.26. The van der Waals surface area contributed by atoms with Gasteiger partial charge in [-0.15, -0.1) is 0 Å². The van der Waals surface area contributed by atoms with Crippen molar-refractivity contribution in [2.45, 2.75) is 26.0 Å². The van der Waals surface area contributed by atoms with Gasteiger partial charge in [0.15, 0.2) is 0 Å². The summed E-state index contributed by atoms with van der Waals surface area (Å²) in [6.07, 6.45) is 0.440. The maximum absolute atomic E-state index is 13.6. The van der Waals surface area contributed by atoms with Crippen LogP contribution in [0.5, 0.6) is 5.75 Å². The number of halogens is 3. The van der Waals surface area contributed by atoms with Crippen molar-refractivity contribution in [2.24, 2.45) is 0 Å². The van der Waals surface area contributed by atoms with E-state index in [4.69, 9.17) is 0 Å². The van der Waals surface area contributed by atoms with Crippen LogP contribution < -0.4 is 10.1 Å². The molecule has 0 saturated carbocycles. The van der Waals surface area contributed by atoms with Gasteiger partial charge in [-0.3, -0.25) is 0 Å². The summed E-state index contributed by atoms with van der Waals surface area (Å²) in [5, 5.41) is 3.07. The Balaban J connectivity index is 2.06. The van der Waals surface area contributed by atoms with Crippen molar-refractivity contribution in [3.8, 4) is 5.75 Å². The van der Waals surface area contributed by atoms with Gasteiger partial charge in [0.2, 0.25) is 0 Å². The Hall–Kier alpha value is -2.17. The molecule has 1 N–H and O–H groups in total. The molecular formula is C16H16F3NO. The van der Waals surface area contributed by atoms with Gasteiger partial charge in [0.25, 0.3) is 0 Å². The number of rotatable bonds is 6. The number of benzene rings is 2. The van der Waals surface area contributed by atoms with Crippen molar-refractivity contribution >= 4 is 5.69 Å². The molecule has 0 aliphatic carbocycles. The van der Waals surface area contributed by atoms with Crippen LogP contribution in [0, 0.1) is 5.82 Å². The molecule has 2 nitrogen and oxygen atoms in total. The summed E-state index contributed by atoms with van der Waals surface area (Å²) >= 11 is 0. The maximum Gasteiger partial charge on any atom is 0.387 e. The fourth-order valence-electron chi connectivity index (χ4n) is 2.09. The van der Waals surface area contributed by atoms with Crippen molar-refractivity contribution in [1.29, 1.82) is 0 Å². The minimum absolute atomic E-state index is 0.0767. The van der Waals surface area contributed by atoms with Crippen LogP contribution in [-0.2, 0) is 6.42 Å². The van der Waals surface area contributed by atoms with Gasteiger partial charge in [0.05, 0.1) is 5.69 Å². The molecule has 0 spiro atoms. The highest BCUT2D eigenvalue weighted by Gasteiger charge is 2.12. The normalized spacial score (nSPS) is 12.2. The van der Waals surface area contributed by atoms with Crippen molar-refractivity contribution in [2.75, 3.05) is 5.32 Å². The standard InChI is InChI=1S/C16H16F3NO/c1-11(10-12-6-2-3-7-13(12)17)20-14-8-4-5-9-15(14)21-16(18)19/h2-9,11,16,20H,10H2,1H3. The third kappa shape index (κ3) is 4.41. The zero-order valence-electron chi connectivity index (χ0n) is 11.5. The maximum atomic E-state index is 13.6. The predicted molar refractivity (Wildman–Crippen MR) is 76.3 cm³/mol. The first-order valence-electron chi connectivity index (χ1n) is 6.60. The van der Waals surface area contributed by atoms with Gasteiger partial charge in [0, 0.05) is 6.04 Å². The number of para-hydroxylation sites is 2. The molecule has 5 heteroatoms. The Morgan fingerprint density at radius 1 is 1.05 bits per heavy atom. The van der Waals surface area contributed by atoms with E-state index in [1.165, 1.54) is 12.1 Å². The van der Waals surface area contributed by atoms with Crippen LogP contribution in [0.4, 0.5) is 18.9 Å². The quantitative estimate of drug-likeness (QED) is 0.849. The minimum atomic E-state index is -2.88. The molecule has 1 atom stereocenters. The van der Waals surface area contributed by atoms with E-state index in [1.807, 2.05) is 6.92 Å². The molecule has 21 heavy (non-hydrogen) atoms. The molecule has 0 aromatic heterocycles. The SMILES string of the molecule is CC(Cc1ccccc1F)Nc1ccccc1OC(F)F. The topological polar surface area (TPSA) is 21.3 Å². The molecule has 0 fully saturated rings. The Morgan fingerprint density at radius 2 is 1.71 bits per heavy atom. The first-order valence-corrected chi connectivity index (χ1v) is 6.60. The van der Waals surface area contributed by atoms with Crippen LogP contribution in [0.3, 0.4) is 0 Å². The van der Waals surface area contributed by atoms with E-state index >= 15 is 0 Å². The van der Waals surface area contributed by atoms with Crippen LogP contribution in [-0.4, -0.2) is 12.7 Å². The third-order valence-electron chi connectivity index (χ3n) is 2.99. The molecule has 0 bridgehead atoms. The van der Waals surface area contributed by atoms with E-state index in [-0.39, 0.29) is 17.6 Å². The Bertz CT molecular complexity index is 589. The van der Waals surface area contributed by atoms with Crippen LogP contribution in [0.2, 0.25) is 0 Å². The van der Waals surface area contributed by atoms with E-state index in [0.717, 1.165) is 0 Å². The summed E-state index contributed by atoms with van der Waals surface area (Å²) in [7, 11) is 0. The second-order valence-corrected chi connectivity index (χ2v) is 4.72. The van der Waals surface area contributed by atoms with Crippen molar-refractivity contribution in [3.05, 3.63) is 59.9 Å². The molecule has 0 radical (unpaired) electrons. The summed E-state index contributed by atoms with van der Waals surface area (Å²) in [6.45, 7) is -1.03. The number of hydrogen-bond acceptors (Lipinski definition) is 2. The zero-order valence-corrected chi connectivity index (χ0v) is 11.5. The second-order valence-electron chi connectivity index (χ2n) is 4.72. The summed E-state index contributed by atoms with van der Waals surface area (Å²) in [6, 6.07) is 12.8. The lowest BCUT2D eigenvalue weighted by Crippen LogP contribution is -2.19. The summed E-state index contributed by atoms with van der Waals surface area (Å²) in [4.78, 5) is 0. The van der Waals surface area contributed by atoms with E-state index in [2.05, 4.69) is 10.1 Å². The minimum Gasteiger partial charge on any atom is -0.433 e. The van der Waals surface area contributed by atoms with Gasteiger partial charge < -0.3 is 10.1 Å². The fraction of sp³-hybridized carbons (Fsp3) is 0.250. The molecule has 2 rings (SSSR count). The zero-order chi connectivity index (χ0) is 15.2. The number of hydrogen-bond donors (Lipinski definition) is 1. The third-order valence-corrected chi connectivity index (χ3v) is 2.99. The summed E-state index contributed by atoms with van der Waals surface area (Å²) < 4.78 is 42.7. The molecular weight excluding hydrogens is 279 g/mol. The molecule has 1 unspecified atom stereocenters. The molecule has 2 aromatic rings. The molecule has 0 aliphatic heterocycles. The van der Waals surface area contributed by atoms with E-state index in [9.17, 15) is 13.2 Å². The molecule has 112 valence electrons. The largest absolute Gasteiger partial charge is 0.433 e. The first-order chi connectivity index (χ1) is 10.1. The lowest BCUT2D eigenvalue weighted by atomic mass is 10.1. The van der Waals surface area contributed by atoms with Gasteiger partial charge in [-0.25, -0.2) is 4.39 Å². The lowest BCUT2D eigenvalue weighted by molar-refractivity contribution is -0.0493.